The highest BCUT2D eigenvalue weighted by molar-refractivity contribution is 8.11. The molecule has 4 nitrogen and oxygen atoms in total. The van der Waals surface area contributed by atoms with Gasteiger partial charge < -0.3 is 9.47 Å². The summed E-state index contributed by atoms with van der Waals surface area (Å²) in [6.45, 7) is 0. The van der Waals surface area contributed by atoms with Gasteiger partial charge in [0.25, 0.3) is 0 Å². The summed E-state index contributed by atoms with van der Waals surface area (Å²) in [5, 5.41) is 0. The molecular weight excluding hydrogens is 224 g/mol. The van der Waals surface area contributed by atoms with Crippen molar-refractivity contribution in [1.29, 1.82) is 0 Å². The molecule has 1 aliphatic rings. The number of carbonyl (C=O) groups is 2. The Bertz CT molecular complexity index is 257. The monoisotopic (exact) mass is 234 g/mol. The summed E-state index contributed by atoms with van der Waals surface area (Å²) in [6, 6.07) is 0. The van der Waals surface area contributed by atoms with Gasteiger partial charge in [-0.1, -0.05) is 0 Å². The summed E-state index contributed by atoms with van der Waals surface area (Å²) in [5.41, 5.74) is 0. The third-order valence-electron chi connectivity index (χ3n) is 1.52. The molecule has 0 aromatic heterocycles. The molecule has 0 aliphatic carbocycles. The summed E-state index contributed by atoms with van der Waals surface area (Å²) >= 11 is 2.66. The van der Waals surface area contributed by atoms with E-state index < -0.39 is 11.9 Å². The smallest absolute Gasteiger partial charge is 0.345 e. The SMILES string of the molecule is COC(=O)C1=C(C(=O)OC)SCCS1. The van der Waals surface area contributed by atoms with Crippen molar-refractivity contribution in [3.8, 4) is 0 Å². The summed E-state index contributed by atoms with van der Waals surface area (Å²) in [4.78, 5) is 23.3. The van der Waals surface area contributed by atoms with Crippen LogP contribution < -0.4 is 0 Å². The topological polar surface area (TPSA) is 52.6 Å². The van der Waals surface area contributed by atoms with Crippen LogP contribution in [0.4, 0.5) is 0 Å². The number of ether oxygens (including phenoxy) is 2. The number of hydrogen-bond donors (Lipinski definition) is 0. The van der Waals surface area contributed by atoms with Crippen LogP contribution in [-0.4, -0.2) is 37.7 Å². The van der Waals surface area contributed by atoms with E-state index in [-0.39, 0.29) is 0 Å². The van der Waals surface area contributed by atoms with Crippen molar-refractivity contribution in [2.75, 3.05) is 25.7 Å². The van der Waals surface area contributed by atoms with Crippen LogP contribution in [0.1, 0.15) is 0 Å². The van der Waals surface area contributed by atoms with Gasteiger partial charge in [0.05, 0.1) is 14.2 Å². The van der Waals surface area contributed by atoms with Crippen LogP contribution in [-0.2, 0) is 19.1 Å². The van der Waals surface area contributed by atoms with Crippen molar-refractivity contribution < 1.29 is 19.1 Å². The zero-order valence-corrected chi connectivity index (χ0v) is 9.50. The molecule has 0 N–H and O–H groups in total. The molecule has 0 saturated carbocycles. The van der Waals surface area contributed by atoms with Gasteiger partial charge in [-0.25, -0.2) is 9.59 Å². The van der Waals surface area contributed by atoms with E-state index in [1.54, 1.807) is 0 Å². The molecule has 0 saturated heterocycles. The Labute approximate surface area is 90.4 Å². The molecular formula is C8H10O4S2. The third kappa shape index (κ3) is 2.45. The zero-order valence-electron chi connectivity index (χ0n) is 7.86. The zero-order chi connectivity index (χ0) is 10.6. The lowest BCUT2D eigenvalue weighted by Crippen LogP contribution is -2.15. The van der Waals surface area contributed by atoms with Crippen molar-refractivity contribution >= 4 is 35.5 Å². The number of hydrogen-bond acceptors (Lipinski definition) is 6. The fourth-order valence-corrected chi connectivity index (χ4v) is 3.17. The number of esters is 2. The van der Waals surface area contributed by atoms with Gasteiger partial charge in [0, 0.05) is 11.5 Å². The summed E-state index contributed by atoms with van der Waals surface area (Å²) < 4.78 is 9.15. The van der Waals surface area contributed by atoms with E-state index in [2.05, 4.69) is 9.47 Å². The Morgan fingerprint density at radius 1 is 1.00 bits per heavy atom. The first-order chi connectivity index (χ1) is 6.70. The maximum absolute atomic E-state index is 11.3. The van der Waals surface area contributed by atoms with Crippen LogP contribution in [0.5, 0.6) is 0 Å². The first-order valence-corrected chi connectivity index (χ1v) is 5.84. The van der Waals surface area contributed by atoms with E-state index in [1.807, 2.05) is 0 Å². The standard InChI is InChI=1S/C8H10O4S2/c1-11-7(9)5-6(8(10)12-2)14-4-3-13-5/h3-4H2,1-2H3. The predicted molar refractivity (Wildman–Crippen MR) is 56.0 cm³/mol. The van der Waals surface area contributed by atoms with Crippen molar-refractivity contribution in [2.24, 2.45) is 0 Å². The van der Waals surface area contributed by atoms with Crippen LogP contribution in [0.2, 0.25) is 0 Å². The normalized spacial score (nSPS) is 16.4. The van der Waals surface area contributed by atoms with Crippen LogP contribution in [0.15, 0.2) is 9.81 Å². The second kappa shape index (κ2) is 5.31. The third-order valence-corrected chi connectivity index (χ3v) is 4.05. The minimum absolute atomic E-state index is 0.357. The number of carbonyl (C=O) groups excluding carboxylic acids is 2. The molecule has 14 heavy (non-hydrogen) atoms. The van der Waals surface area contributed by atoms with Gasteiger partial charge in [-0.05, 0) is 0 Å². The van der Waals surface area contributed by atoms with Crippen molar-refractivity contribution in [2.45, 2.75) is 0 Å². The quantitative estimate of drug-likeness (QED) is 0.665. The minimum atomic E-state index is -0.470. The first kappa shape index (κ1) is 11.5. The Balaban J connectivity index is 2.96. The lowest BCUT2D eigenvalue weighted by molar-refractivity contribution is -0.138. The maximum Gasteiger partial charge on any atom is 0.345 e. The highest BCUT2D eigenvalue weighted by Crippen LogP contribution is 2.35. The second-order valence-corrected chi connectivity index (χ2v) is 4.55. The van der Waals surface area contributed by atoms with Crippen LogP contribution in [0.3, 0.4) is 0 Å². The first-order valence-electron chi connectivity index (χ1n) is 3.87. The molecule has 0 bridgehead atoms. The Morgan fingerprint density at radius 3 is 1.64 bits per heavy atom. The molecule has 0 spiro atoms. The number of rotatable bonds is 2. The van der Waals surface area contributed by atoms with Crippen LogP contribution in [0, 0.1) is 0 Å². The second-order valence-electron chi connectivity index (χ2n) is 2.34. The van der Waals surface area contributed by atoms with Crippen molar-refractivity contribution in [3.63, 3.8) is 0 Å². The van der Waals surface area contributed by atoms with Gasteiger partial charge >= 0.3 is 11.9 Å². The van der Waals surface area contributed by atoms with Crippen LogP contribution >= 0.6 is 23.5 Å². The van der Waals surface area contributed by atoms with E-state index in [0.29, 0.717) is 9.81 Å². The van der Waals surface area contributed by atoms with E-state index in [9.17, 15) is 9.59 Å². The molecule has 0 aromatic carbocycles. The lowest BCUT2D eigenvalue weighted by atomic mass is 10.5. The molecule has 0 unspecified atom stereocenters. The van der Waals surface area contributed by atoms with Gasteiger partial charge in [0.2, 0.25) is 0 Å². The molecule has 6 heteroatoms. The molecule has 0 fully saturated rings. The maximum atomic E-state index is 11.3. The van der Waals surface area contributed by atoms with E-state index in [0.717, 1.165) is 11.5 Å². The Kier molecular flexibility index (Phi) is 4.34. The van der Waals surface area contributed by atoms with Crippen molar-refractivity contribution in [1.82, 2.24) is 0 Å². The molecule has 0 atom stereocenters. The molecule has 1 rings (SSSR count). The fraction of sp³-hybridized carbons (Fsp3) is 0.500. The van der Waals surface area contributed by atoms with Gasteiger partial charge in [-0.15, -0.1) is 23.5 Å². The highest BCUT2D eigenvalue weighted by atomic mass is 32.2. The largest absolute Gasteiger partial charge is 0.465 e. The summed E-state index contributed by atoms with van der Waals surface area (Å²) in [7, 11) is 2.59. The van der Waals surface area contributed by atoms with Gasteiger partial charge in [0.1, 0.15) is 9.81 Å². The molecule has 0 radical (unpaired) electrons. The van der Waals surface area contributed by atoms with E-state index >= 15 is 0 Å². The Morgan fingerprint density at radius 2 is 1.36 bits per heavy atom. The number of thioether (sulfide) groups is 2. The highest BCUT2D eigenvalue weighted by Gasteiger charge is 2.26. The van der Waals surface area contributed by atoms with Gasteiger partial charge in [-0.2, -0.15) is 0 Å². The molecule has 78 valence electrons. The van der Waals surface area contributed by atoms with E-state index in [4.69, 9.17) is 0 Å². The molecule has 1 aliphatic heterocycles. The van der Waals surface area contributed by atoms with Gasteiger partial charge in [0.15, 0.2) is 0 Å². The minimum Gasteiger partial charge on any atom is -0.465 e. The number of methoxy groups -OCH3 is 2. The van der Waals surface area contributed by atoms with Crippen LogP contribution in [0.25, 0.3) is 0 Å². The average molecular weight is 234 g/mol. The van der Waals surface area contributed by atoms with E-state index in [1.165, 1.54) is 37.7 Å². The average Bonchev–Trinajstić information content (AvgIpc) is 2.27. The predicted octanol–water partition coefficient (Wildman–Crippen LogP) is 1.02. The fourth-order valence-electron chi connectivity index (χ4n) is 0.907. The molecule has 0 aromatic rings. The summed E-state index contributed by atoms with van der Waals surface area (Å²) in [6.07, 6.45) is 0. The Hall–Kier alpha value is -0.620. The summed E-state index contributed by atoms with van der Waals surface area (Å²) in [5.74, 6) is 0.663. The van der Waals surface area contributed by atoms with Crippen molar-refractivity contribution in [3.05, 3.63) is 9.81 Å². The molecule has 0 amide bonds. The van der Waals surface area contributed by atoms with Gasteiger partial charge in [-0.3, -0.25) is 0 Å². The lowest BCUT2D eigenvalue weighted by Gasteiger charge is -2.15. The molecule has 1 heterocycles.